The van der Waals surface area contributed by atoms with E-state index in [0.717, 1.165) is 23.5 Å². The van der Waals surface area contributed by atoms with Crippen LogP contribution < -0.4 is 10.5 Å². The fourth-order valence-electron chi connectivity index (χ4n) is 2.21. The van der Waals surface area contributed by atoms with Crippen LogP contribution in [0.1, 0.15) is 38.8 Å². The van der Waals surface area contributed by atoms with E-state index in [4.69, 9.17) is 5.73 Å². The number of nitrogens with two attached hydrogens (primary N) is 1. The Kier molecular flexibility index (Phi) is 7.03. The first-order chi connectivity index (χ1) is 9.85. The second-order valence-corrected chi connectivity index (χ2v) is 8.05. The fourth-order valence-corrected chi connectivity index (χ4v) is 4.62. The molecule has 1 aromatic carbocycles. The Morgan fingerprint density at radius 3 is 2.43 bits per heavy atom. The maximum absolute atomic E-state index is 12.6. The van der Waals surface area contributed by atoms with Gasteiger partial charge in [0.15, 0.2) is 0 Å². The number of aryl methyl sites for hydroxylation is 1. The molecule has 0 saturated heterocycles. The lowest BCUT2D eigenvalue weighted by atomic mass is 10.1. The highest BCUT2D eigenvalue weighted by molar-refractivity contribution is 7.99. The summed E-state index contributed by atoms with van der Waals surface area (Å²) in [5.41, 5.74) is 8.23. The molecule has 0 bridgehead atoms. The maximum atomic E-state index is 12.6. The highest BCUT2D eigenvalue weighted by Gasteiger charge is 2.22. The standard InChI is InChI=1S/C15H26N2O2S2/c1-5-12-8-14(16)13(6-2)15(9-12)21(18,19)17-11(4)10-20-7-3/h8-9,11,17H,5-7,10,16H2,1-4H3. The molecule has 120 valence electrons. The molecule has 0 aliphatic heterocycles. The number of hydrogen-bond acceptors (Lipinski definition) is 4. The molecule has 0 aliphatic rings. The number of nitrogen functional groups attached to an aromatic ring is 1. The molecule has 0 amide bonds. The van der Waals surface area contributed by atoms with Gasteiger partial charge in [0.2, 0.25) is 10.0 Å². The van der Waals surface area contributed by atoms with E-state index in [1.807, 2.05) is 26.8 Å². The molecule has 0 aliphatic carbocycles. The Morgan fingerprint density at radius 1 is 1.24 bits per heavy atom. The van der Waals surface area contributed by atoms with E-state index >= 15 is 0 Å². The van der Waals surface area contributed by atoms with Crippen LogP contribution in [0.25, 0.3) is 0 Å². The summed E-state index contributed by atoms with van der Waals surface area (Å²) in [6.45, 7) is 7.86. The number of benzene rings is 1. The van der Waals surface area contributed by atoms with Gasteiger partial charge in [-0.05, 0) is 48.8 Å². The summed E-state index contributed by atoms with van der Waals surface area (Å²) < 4.78 is 28.0. The van der Waals surface area contributed by atoms with Gasteiger partial charge in [0.05, 0.1) is 4.90 Å². The zero-order chi connectivity index (χ0) is 16.0. The highest BCUT2D eigenvalue weighted by atomic mass is 32.2. The quantitative estimate of drug-likeness (QED) is 0.719. The first kappa shape index (κ1) is 18.3. The third kappa shape index (κ3) is 4.90. The minimum absolute atomic E-state index is 0.101. The van der Waals surface area contributed by atoms with Gasteiger partial charge in [0, 0.05) is 17.5 Å². The van der Waals surface area contributed by atoms with Gasteiger partial charge in [-0.2, -0.15) is 11.8 Å². The second-order valence-electron chi connectivity index (χ2n) is 5.05. The number of thioether (sulfide) groups is 1. The van der Waals surface area contributed by atoms with E-state index in [2.05, 4.69) is 11.6 Å². The zero-order valence-corrected chi connectivity index (χ0v) is 14.9. The average Bonchev–Trinajstić information content (AvgIpc) is 2.43. The number of anilines is 1. The van der Waals surface area contributed by atoms with Crippen molar-refractivity contribution in [2.75, 3.05) is 17.2 Å². The van der Waals surface area contributed by atoms with Gasteiger partial charge in [0.25, 0.3) is 0 Å². The van der Waals surface area contributed by atoms with Crippen LogP contribution in [0.2, 0.25) is 0 Å². The predicted octanol–water partition coefficient (Wildman–Crippen LogP) is 2.81. The first-order valence-corrected chi connectivity index (χ1v) is 10.0. The molecule has 1 unspecified atom stereocenters. The summed E-state index contributed by atoms with van der Waals surface area (Å²) in [6, 6.07) is 3.52. The van der Waals surface area contributed by atoms with E-state index < -0.39 is 10.0 Å². The molecule has 0 spiro atoms. The molecular weight excluding hydrogens is 304 g/mol. The summed E-state index contributed by atoms with van der Waals surface area (Å²) in [4.78, 5) is 0.329. The van der Waals surface area contributed by atoms with Crippen molar-refractivity contribution in [1.82, 2.24) is 4.72 Å². The van der Waals surface area contributed by atoms with E-state index in [1.165, 1.54) is 0 Å². The van der Waals surface area contributed by atoms with Crippen molar-refractivity contribution in [2.24, 2.45) is 0 Å². The van der Waals surface area contributed by atoms with Crippen LogP contribution in [0.3, 0.4) is 0 Å². The van der Waals surface area contributed by atoms with Gasteiger partial charge in [0.1, 0.15) is 0 Å². The van der Waals surface area contributed by atoms with E-state index in [-0.39, 0.29) is 6.04 Å². The van der Waals surface area contributed by atoms with Crippen LogP contribution in [0.15, 0.2) is 17.0 Å². The molecule has 21 heavy (non-hydrogen) atoms. The molecule has 1 rings (SSSR count). The van der Waals surface area contributed by atoms with Crippen molar-refractivity contribution in [3.05, 3.63) is 23.3 Å². The van der Waals surface area contributed by atoms with Crippen molar-refractivity contribution in [1.29, 1.82) is 0 Å². The van der Waals surface area contributed by atoms with Crippen molar-refractivity contribution >= 4 is 27.5 Å². The third-order valence-electron chi connectivity index (χ3n) is 3.28. The maximum Gasteiger partial charge on any atom is 0.241 e. The van der Waals surface area contributed by atoms with Crippen molar-refractivity contribution in [3.63, 3.8) is 0 Å². The summed E-state index contributed by atoms with van der Waals surface area (Å²) in [5.74, 6) is 1.74. The lowest BCUT2D eigenvalue weighted by Gasteiger charge is -2.17. The Balaban J connectivity index is 3.14. The molecule has 0 saturated carbocycles. The van der Waals surface area contributed by atoms with Crippen LogP contribution in [0.4, 0.5) is 5.69 Å². The molecule has 0 radical (unpaired) electrons. The SMILES string of the molecule is CCSCC(C)NS(=O)(=O)c1cc(CC)cc(N)c1CC. The average molecular weight is 331 g/mol. The molecule has 4 nitrogen and oxygen atoms in total. The third-order valence-corrected chi connectivity index (χ3v) is 6.08. The van der Waals surface area contributed by atoms with Gasteiger partial charge < -0.3 is 5.73 Å². The summed E-state index contributed by atoms with van der Waals surface area (Å²) >= 11 is 1.72. The molecule has 6 heteroatoms. The van der Waals surface area contributed by atoms with Crippen molar-refractivity contribution in [3.8, 4) is 0 Å². The normalized spacial score (nSPS) is 13.3. The number of hydrogen-bond donors (Lipinski definition) is 2. The van der Waals surface area contributed by atoms with E-state index in [0.29, 0.717) is 22.6 Å². The summed E-state index contributed by atoms with van der Waals surface area (Å²) in [5, 5.41) is 0. The molecular formula is C15H26N2O2S2. The van der Waals surface area contributed by atoms with Crippen LogP contribution in [0, 0.1) is 0 Å². The molecule has 0 aromatic heterocycles. The van der Waals surface area contributed by atoms with Gasteiger partial charge in [-0.15, -0.1) is 0 Å². The Labute approximate surface area is 132 Å². The zero-order valence-electron chi connectivity index (χ0n) is 13.3. The van der Waals surface area contributed by atoms with Gasteiger partial charge in [-0.3, -0.25) is 0 Å². The van der Waals surface area contributed by atoms with Crippen molar-refractivity contribution in [2.45, 2.75) is 51.5 Å². The Bertz CT molecular complexity index is 571. The molecule has 1 atom stereocenters. The topological polar surface area (TPSA) is 72.2 Å². The van der Waals surface area contributed by atoms with Gasteiger partial charge >= 0.3 is 0 Å². The Hall–Kier alpha value is -0.720. The summed E-state index contributed by atoms with van der Waals surface area (Å²) in [7, 11) is -3.53. The van der Waals surface area contributed by atoms with Crippen LogP contribution in [0.5, 0.6) is 0 Å². The summed E-state index contributed by atoms with van der Waals surface area (Å²) in [6.07, 6.45) is 1.36. The number of nitrogens with one attached hydrogen (secondary N) is 1. The fraction of sp³-hybridized carbons (Fsp3) is 0.600. The minimum Gasteiger partial charge on any atom is -0.398 e. The smallest absolute Gasteiger partial charge is 0.241 e. The Morgan fingerprint density at radius 2 is 1.90 bits per heavy atom. The van der Waals surface area contributed by atoms with Crippen LogP contribution >= 0.6 is 11.8 Å². The van der Waals surface area contributed by atoms with Crippen LogP contribution in [-0.2, 0) is 22.9 Å². The minimum atomic E-state index is -3.53. The van der Waals surface area contributed by atoms with Crippen molar-refractivity contribution < 1.29 is 8.42 Å². The molecule has 0 fully saturated rings. The molecule has 0 heterocycles. The molecule has 3 N–H and O–H groups in total. The second kappa shape index (κ2) is 8.06. The largest absolute Gasteiger partial charge is 0.398 e. The monoisotopic (exact) mass is 330 g/mol. The first-order valence-electron chi connectivity index (χ1n) is 7.37. The van der Waals surface area contributed by atoms with Crippen LogP contribution in [-0.4, -0.2) is 26.0 Å². The lowest BCUT2D eigenvalue weighted by Crippen LogP contribution is -2.35. The highest BCUT2D eigenvalue weighted by Crippen LogP contribution is 2.25. The van der Waals surface area contributed by atoms with E-state index in [9.17, 15) is 8.42 Å². The number of sulfonamides is 1. The predicted molar refractivity (Wildman–Crippen MR) is 92.4 cm³/mol. The van der Waals surface area contributed by atoms with E-state index in [1.54, 1.807) is 17.8 Å². The van der Waals surface area contributed by atoms with Gasteiger partial charge in [-0.1, -0.05) is 20.8 Å². The van der Waals surface area contributed by atoms with Gasteiger partial charge in [-0.25, -0.2) is 13.1 Å². The number of rotatable bonds is 8. The lowest BCUT2D eigenvalue weighted by molar-refractivity contribution is 0.570. The molecule has 1 aromatic rings.